The lowest BCUT2D eigenvalue weighted by atomic mass is 9.88. The van der Waals surface area contributed by atoms with Gasteiger partial charge in [0.15, 0.2) is 0 Å². The van der Waals surface area contributed by atoms with E-state index < -0.39 is 42.0 Å². The van der Waals surface area contributed by atoms with Crippen LogP contribution in [0.15, 0.2) is 148 Å². The van der Waals surface area contributed by atoms with Gasteiger partial charge in [0.1, 0.15) is 72.3 Å². The third kappa shape index (κ3) is 21.8. The number of pyridine rings is 2. The van der Waals surface area contributed by atoms with Gasteiger partial charge in [0.05, 0.1) is 114 Å². The molecule has 7 fully saturated rings. The van der Waals surface area contributed by atoms with Crippen molar-refractivity contribution < 1.29 is 29.2 Å². The number of piperazine rings is 1. The van der Waals surface area contributed by atoms with Crippen molar-refractivity contribution in [1.29, 1.82) is 0 Å². The Bertz CT molecular complexity index is 6440. The lowest BCUT2D eigenvalue weighted by molar-refractivity contribution is -0.0601. The van der Waals surface area contributed by atoms with E-state index in [0.29, 0.717) is 176 Å². The van der Waals surface area contributed by atoms with E-state index in [1.165, 1.54) is 45.3 Å². The summed E-state index contributed by atoms with van der Waals surface area (Å²) in [5, 5.41) is 64.9. The number of aryl methyl sites for hydroxylation is 2. The van der Waals surface area contributed by atoms with E-state index in [4.69, 9.17) is 50.1 Å². The molecule has 4 aromatic carbocycles. The minimum Gasteiger partial charge on any atom is -0.390 e. The normalized spacial score (nSPS) is 20.5. The number of nitrogens with zero attached hydrogens (tertiary/aromatic N) is 15. The van der Waals surface area contributed by atoms with E-state index >= 15 is 0 Å². The molecule has 702 valence electrons. The molecule has 21 rings (SSSR count). The fourth-order valence-electron chi connectivity index (χ4n) is 17.6. The average Bonchev–Trinajstić information content (AvgIpc) is 1.46. The number of H-pyrrole nitrogens is 3. The van der Waals surface area contributed by atoms with E-state index in [9.17, 15) is 34.1 Å². The number of para-hydroxylation sites is 3. The van der Waals surface area contributed by atoms with Crippen LogP contribution in [-0.2, 0) is 9.47 Å². The van der Waals surface area contributed by atoms with E-state index in [2.05, 4.69) is 104 Å². The van der Waals surface area contributed by atoms with Crippen molar-refractivity contribution in [2.24, 2.45) is 11.7 Å². The number of rotatable bonds is 22. The second kappa shape index (κ2) is 42.3. The predicted molar refractivity (Wildman–Crippen MR) is 533 cm³/mol. The highest BCUT2D eigenvalue weighted by molar-refractivity contribution is 7.23. The van der Waals surface area contributed by atoms with Gasteiger partial charge in [-0.1, -0.05) is 42.5 Å². The van der Waals surface area contributed by atoms with Crippen LogP contribution in [0.3, 0.4) is 0 Å². The third-order valence-electron chi connectivity index (χ3n) is 24.6. The van der Waals surface area contributed by atoms with Crippen LogP contribution in [0.4, 0.5) is 68.5 Å². The van der Waals surface area contributed by atoms with Crippen LogP contribution < -0.4 is 89.9 Å². The first kappa shape index (κ1) is 92.5. The number of piperidine rings is 3. The van der Waals surface area contributed by atoms with Gasteiger partial charge in [-0.05, 0) is 159 Å². The van der Waals surface area contributed by atoms with Gasteiger partial charge >= 0.3 is 0 Å². The number of halogens is 1. The number of aliphatic hydroxyl groups is 3. The zero-order chi connectivity index (χ0) is 92.4. The topological polar surface area (TPSA) is 467 Å². The minimum absolute atomic E-state index is 0.157. The maximum absolute atomic E-state index is 14.5. The molecule has 41 heteroatoms. The second-order valence-electron chi connectivity index (χ2n) is 34.7. The maximum Gasteiger partial charge on any atom is 0.264 e. The number of alkyl halides is 1. The van der Waals surface area contributed by atoms with E-state index in [1.807, 2.05) is 134 Å². The molecule has 17 N–H and O–H groups in total. The number of ether oxygens (including phenoxy) is 2. The summed E-state index contributed by atoms with van der Waals surface area (Å²) >= 11 is 5.98. The van der Waals surface area contributed by atoms with Crippen LogP contribution in [0.2, 0.25) is 0 Å². The second-order valence-corrected chi connectivity index (χ2v) is 38.7. The molecule has 6 aliphatic heterocycles. The zero-order valence-electron chi connectivity index (χ0n) is 74.9. The molecule has 6 saturated heterocycles. The first-order valence-electron chi connectivity index (χ1n) is 45.6. The number of thiazole rings is 4. The molecule has 134 heavy (non-hydrogen) atoms. The third-order valence-corrected chi connectivity index (χ3v) is 28.9. The number of nitrogens with two attached hydrogens (primary N) is 1. The van der Waals surface area contributed by atoms with Crippen molar-refractivity contribution in [3.05, 3.63) is 176 Å². The number of hydrogen-bond donors (Lipinski definition) is 16. The van der Waals surface area contributed by atoms with Crippen molar-refractivity contribution in [2.45, 2.75) is 114 Å². The lowest BCUT2D eigenvalue weighted by Crippen LogP contribution is -2.47. The molecule has 16 heterocycles. The molecule has 7 aliphatic rings. The number of aliphatic hydroxyl groups excluding tert-OH is 2. The standard InChI is InChI=1S/C26H30N6O3S.C25H28N8OS.C22H30N8O2S.C20H23FN6O2S/c1-13-9-15(10-14(2)28-13)29-25-27-12-16(24-31-18-7-5-6-8-20(18)36-24)23(32-25)30-19-11-17(26(3,4)35)21(33)22(19)34;34-23-21(24-29-19-7-1-2-8-20(19)35-24)22(28-17-5-3-9-26-15-17)30-25(31-23)33-13-11-32(12-14-33)18-6-4-10-27-16-18;23-6-8-25-15-4-1-5-16-18(15)33-21(27-16)17-19(26-14-3-2-7-24-13-14)28-22(29-20(17)31)30-9-11-32-12-10-30;21-12-5-6-22-11-14(12)23-17-16(19-24-13-3-1-2-4-15(13)30-19)18(28)26-20(25-17)27-7-9-29-10-8-27/h5-10,12,17,19,21-22,33-35H,11H2,1-4H3,(H2,27,28,29,30,32);1-2,4,6-8,10,16-17,26H,3,5,9,11-15H2,(H2,28,30,31,34);1,4-5,14,24-25H,2-3,6-13,23H2,(H2,26,28,29,31);1-4,12,14,22H,5-11H2,(H2,23,25,26,28)/t17-,19?,21+,22-;17-;14-;12-,14-/m0110/s1. The molecule has 0 bridgehead atoms. The van der Waals surface area contributed by atoms with Gasteiger partial charge in [0, 0.05) is 133 Å². The molecule has 10 aromatic heterocycles. The van der Waals surface area contributed by atoms with Crippen LogP contribution in [0.5, 0.6) is 0 Å². The number of benzene rings is 4. The summed E-state index contributed by atoms with van der Waals surface area (Å²) in [5.74, 6) is 3.60. The maximum atomic E-state index is 14.5. The number of aromatic nitrogens is 14. The Morgan fingerprint density at radius 1 is 0.515 bits per heavy atom. The highest BCUT2D eigenvalue weighted by atomic mass is 32.1. The Morgan fingerprint density at radius 3 is 1.51 bits per heavy atom. The van der Waals surface area contributed by atoms with Crippen molar-refractivity contribution in [3.63, 3.8) is 0 Å². The number of morpholine rings is 2. The SMILES string of the molecule is Cc1cc(Nc2ncc(-c3nc4ccccc4s3)c(NC3C[C@H](C(C)(C)O)[C@@H](O)[C@H]3O)n2)cc(C)n1.NCCNc1cccc2nc(-c3c(N[C@@H]4CCCNC4)nc(N4CCOCC4)[nH]c3=O)sc12.O=c1[nH]c(N2CCN(c3cccnc3)CC2)nc(N[C@@H]2CCCNC2)c1-c1nc2ccccc2s1.O=c1[nH]c(N2CCOCC2)nc(N[C@H]2CNCC[C@@H]2F)c1-c1nc2ccccc2s1. The first-order chi connectivity index (χ1) is 65.2. The van der Waals surface area contributed by atoms with Crippen LogP contribution in [0.1, 0.15) is 63.8 Å². The van der Waals surface area contributed by atoms with Crippen molar-refractivity contribution in [2.75, 3.05) is 183 Å². The van der Waals surface area contributed by atoms with Gasteiger partial charge in [0.2, 0.25) is 23.8 Å². The lowest BCUT2D eigenvalue weighted by Gasteiger charge is -2.36. The summed E-state index contributed by atoms with van der Waals surface area (Å²) in [6.07, 6.45) is 7.31. The Hall–Kier alpha value is -12.0. The van der Waals surface area contributed by atoms with Gasteiger partial charge in [-0.3, -0.25) is 39.3 Å². The monoisotopic (exact) mass is 1890 g/mol. The predicted octanol–water partition coefficient (Wildman–Crippen LogP) is 10.1. The fourth-order valence-corrected chi connectivity index (χ4v) is 21.7. The van der Waals surface area contributed by atoms with Gasteiger partial charge in [-0.25, -0.2) is 29.3 Å². The first-order valence-corrected chi connectivity index (χ1v) is 48.9. The Balaban J connectivity index is 0.000000120. The molecular formula is C93H111FN28O8S4. The highest BCUT2D eigenvalue weighted by Gasteiger charge is 2.48. The quantitative estimate of drug-likeness (QED) is 0.0300. The van der Waals surface area contributed by atoms with E-state index in [1.54, 1.807) is 26.2 Å². The number of hydrogen-bond acceptors (Lipinski definition) is 37. The van der Waals surface area contributed by atoms with Crippen LogP contribution in [-0.4, -0.2) is 264 Å². The number of fused-ring (bicyclic) bond motifs is 4. The van der Waals surface area contributed by atoms with Gasteiger partial charge in [-0.2, -0.15) is 19.9 Å². The molecule has 0 amide bonds. The van der Waals surface area contributed by atoms with Crippen LogP contribution in [0, 0.1) is 19.8 Å². The zero-order valence-corrected chi connectivity index (χ0v) is 78.2. The largest absolute Gasteiger partial charge is 0.390 e. The molecule has 14 aromatic rings. The number of nitrogens with one attached hydrogen (secondary N) is 12. The summed E-state index contributed by atoms with van der Waals surface area (Å²) in [6.45, 7) is 21.5. The molecule has 0 spiro atoms. The molecule has 0 radical (unpaired) electrons. The fraction of sp³-hybridized carbons (Fsp3) is 0.419. The summed E-state index contributed by atoms with van der Waals surface area (Å²) in [7, 11) is 0. The molecule has 8 atom stereocenters. The van der Waals surface area contributed by atoms with Crippen molar-refractivity contribution in [3.8, 4) is 42.3 Å². The van der Waals surface area contributed by atoms with Crippen molar-refractivity contribution in [1.82, 2.24) is 85.7 Å². The van der Waals surface area contributed by atoms with Gasteiger partial charge in [-0.15, -0.1) is 45.3 Å². The molecule has 1 saturated carbocycles. The summed E-state index contributed by atoms with van der Waals surface area (Å²) < 4.78 is 29.5. The summed E-state index contributed by atoms with van der Waals surface area (Å²) in [4.78, 5) is 109. The minimum atomic E-state index is -1.14. The van der Waals surface area contributed by atoms with Gasteiger partial charge < -0.3 is 98.0 Å². The van der Waals surface area contributed by atoms with E-state index in [0.717, 1.165) is 152 Å². The average molecular weight is 1900 g/mol. The Kier molecular flexibility index (Phi) is 29.2. The molecular weight excluding hydrogens is 1780 g/mol. The number of anilines is 11. The van der Waals surface area contributed by atoms with Gasteiger partial charge in [0.25, 0.3) is 16.7 Å². The molecule has 1 aliphatic carbocycles. The number of aromatic amines is 3. The molecule has 36 nitrogen and oxygen atoms in total. The Labute approximate surface area is 787 Å². The Morgan fingerprint density at radius 2 is 1.01 bits per heavy atom. The summed E-state index contributed by atoms with van der Waals surface area (Å²) in [5.41, 5.74) is 14.1. The van der Waals surface area contributed by atoms with Crippen LogP contribution in [0.25, 0.3) is 83.2 Å². The molecule has 1 unspecified atom stereocenters. The van der Waals surface area contributed by atoms with E-state index in [-0.39, 0.29) is 28.8 Å². The highest BCUT2D eigenvalue weighted by Crippen LogP contribution is 2.43. The van der Waals surface area contributed by atoms with Crippen LogP contribution >= 0.6 is 45.3 Å². The smallest absolute Gasteiger partial charge is 0.264 e. The van der Waals surface area contributed by atoms with Crippen molar-refractivity contribution >= 4 is 150 Å². The summed E-state index contributed by atoms with van der Waals surface area (Å²) in [6, 6.07) is 36.8.